The number of carboxylic acid groups (broad SMARTS) is 1. The first-order chi connectivity index (χ1) is 15.0. The molecule has 0 fully saturated rings. The van der Waals surface area contributed by atoms with Crippen molar-refractivity contribution in [2.45, 2.75) is 6.92 Å². The van der Waals surface area contributed by atoms with E-state index in [-0.39, 0.29) is 5.75 Å². The Hall–Kier alpha value is -2.40. The summed E-state index contributed by atoms with van der Waals surface area (Å²) < 4.78 is 21.4. The molecule has 10 heteroatoms. The lowest BCUT2D eigenvalue weighted by atomic mass is 10.2. The van der Waals surface area contributed by atoms with Crippen molar-refractivity contribution in [3.05, 3.63) is 30.0 Å². The topological polar surface area (TPSA) is 120 Å². The Bertz CT molecular complexity index is 872. The fourth-order valence-corrected chi connectivity index (χ4v) is 3.40. The molecule has 0 atom stereocenters. The maximum atomic E-state index is 10.3. The second-order valence-corrected chi connectivity index (χ2v) is 7.41. The van der Waals surface area contributed by atoms with Crippen LogP contribution in [-0.2, 0) is 19.0 Å². The van der Waals surface area contributed by atoms with E-state index in [1.54, 1.807) is 24.9 Å². The molecule has 3 rings (SSSR count). The van der Waals surface area contributed by atoms with E-state index >= 15 is 0 Å². The minimum atomic E-state index is -0.833. The van der Waals surface area contributed by atoms with Gasteiger partial charge in [-0.25, -0.2) is 4.98 Å². The smallest absolute Gasteiger partial charge is 0.300 e. The highest BCUT2D eigenvalue weighted by atomic mass is 32.2. The number of fused-ring (bicyclic) bond motifs is 1. The Morgan fingerprint density at radius 1 is 1.10 bits per heavy atom. The van der Waals surface area contributed by atoms with E-state index in [0.717, 1.165) is 35.2 Å². The minimum absolute atomic E-state index is 0.143. The van der Waals surface area contributed by atoms with E-state index in [0.29, 0.717) is 51.1 Å². The zero-order valence-corrected chi connectivity index (χ0v) is 18.5. The third-order valence-electron chi connectivity index (χ3n) is 3.85. The minimum Gasteiger partial charge on any atom is -0.506 e. The number of pyridine rings is 1. The molecule has 170 valence electrons. The van der Waals surface area contributed by atoms with Crippen molar-refractivity contribution in [1.29, 1.82) is 0 Å². The molecule has 1 aromatic carbocycles. The summed E-state index contributed by atoms with van der Waals surface area (Å²) in [7, 11) is 1.64. The number of aliphatic carboxylic acids is 1. The van der Waals surface area contributed by atoms with Gasteiger partial charge in [0.1, 0.15) is 28.8 Å². The molecule has 0 amide bonds. The Morgan fingerprint density at radius 3 is 2.42 bits per heavy atom. The summed E-state index contributed by atoms with van der Waals surface area (Å²) in [6.07, 6.45) is 0. The Balaban J connectivity index is 0.000000785. The zero-order chi connectivity index (χ0) is 22.5. The van der Waals surface area contributed by atoms with Gasteiger partial charge >= 0.3 is 0 Å². The number of aromatic hydroxyl groups is 1. The van der Waals surface area contributed by atoms with Crippen LogP contribution in [0.25, 0.3) is 10.9 Å². The van der Waals surface area contributed by atoms with Crippen LogP contribution >= 0.6 is 11.8 Å². The molecule has 0 unspecified atom stereocenters. The van der Waals surface area contributed by atoms with Crippen molar-refractivity contribution >= 4 is 33.7 Å². The van der Waals surface area contributed by atoms with Crippen LogP contribution in [0.5, 0.6) is 11.5 Å². The van der Waals surface area contributed by atoms with E-state index in [4.69, 9.17) is 28.8 Å². The van der Waals surface area contributed by atoms with Crippen molar-refractivity contribution < 1.29 is 34.0 Å². The number of ether oxygens (including phenoxy) is 4. The van der Waals surface area contributed by atoms with Crippen molar-refractivity contribution in [3.8, 4) is 11.5 Å². The maximum absolute atomic E-state index is 10.3. The maximum Gasteiger partial charge on any atom is 0.300 e. The summed E-state index contributed by atoms with van der Waals surface area (Å²) >= 11 is 1.62. The van der Waals surface area contributed by atoms with E-state index in [9.17, 15) is 5.11 Å². The SMILES string of the molecule is CC(=O)O.COCCOCCOCCOc1ccc2nc(C3=NCCS3)c(O)cc2c1. The van der Waals surface area contributed by atoms with Crippen LogP contribution in [0.1, 0.15) is 12.6 Å². The van der Waals surface area contributed by atoms with Crippen LogP contribution in [-0.4, -0.2) is 85.3 Å². The Kier molecular flexibility index (Phi) is 11.1. The average Bonchev–Trinajstić information content (AvgIpc) is 3.26. The van der Waals surface area contributed by atoms with E-state index < -0.39 is 5.97 Å². The first-order valence-electron chi connectivity index (χ1n) is 9.79. The van der Waals surface area contributed by atoms with Gasteiger partial charge in [0.2, 0.25) is 0 Å². The van der Waals surface area contributed by atoms with Gasteiger partial charge in [0.05, 0.1) is 38.6 Å². The standard InChI is InChI=1S/C19H24N2O5S.C2H4O2/c1-23-5-6-24-7-8-25-9-10-26-15-2-3-16-14(12-15)13-17(22)18(21-16)19-20-4-11-27-19;1-2(3)4/h2-3,12-13,22H,4-11H2,1H3;1H3,(H,3,4). The highest BCUT2D eigenvalue weighted by Crippen LogP contribution is 2.29. The lowest BCUT2D eigenvalue weighted by molar-refractivity contribution is -0.134. The van der Waals surface area contributed by atoms with Crippen LogP contribution < -0.4 is 4.74 Å². The van der Waals surface area contributed by atoms with Crippen molar-refractivity contribution in [3.63, 3.8) is 0 Å². The van der Waals surface area contributed by atoms with Gasteiger partial charge in [0.15, 0.2) is 0 Å². The van der Waals surface area contributed by atoms with Gasteiger partial charge in [-0.15, -0.1) is 11.8 Å². The molecule has 0 bridgehead atoms. The van der Waals surface area contributed by atoms with Crippen LogP contribution in [0.2, 0.25) is 0 Å². The molecule has 1 aromatic heterocycles. The number of hydrogen-bond acceptors (Lipinski definition) is 9. The number of aromatic nitrogens is 1. The number of aliphatic imine (C=N–C) groups is 1. The first-order valence-corrected chi connectivity index (χ1v) is 10.8. The quantitative estimate of drug-likeness (QED) is 0.496. The average molecular weight is 453 g/mol. The highest BCUT2D eigenvalue weighted by Gasteiger charge is 2.16. The molecule has 9 nitrogen and oxygen atoms in total. The summed E-state index contributed by atoms with van der Waals surface area (Å²) in [5, 5.41) is 19.3. The first kappa shape index (κ1) is 24.9. The molecule has 2 heterocycles. The lowest BCUT2D eigenvalue weighted by Crippen LogP contribution is -2.12. The van der Waals surface area contributed by atoms with Crippen molar-refractivity contribution in [2.24, 2.45) is 4.99 Å². The Labute approximate surface area is 185 Å². The van der Waals surface area contributed by atoms with Gasteiger partial charge in [-0.2, -0.15) is 0 Å². The predicted molar refractivity (Wildman–Crippen MR) is 120 cm³/mol. The number of carbonyl (C=O) groups is 1. The van der Waals surface area contributed by atoms with Crippen LogP contribution in [0, 0.1) is 0 Å². The molecular weight excluding hydrogens is 424 g/mol. The zero-order valence-electron chi connectivity index (χ0n) is 17.7. The summed E-state index contributed by atoms with van der Waals surface area (Å²) in [4.78, 5) is 17.9. The fraction of sp³-hybridized carbons (Fsp3) is 0.476. The van der Waals surface area contributed by atoms with Gasteiger partial charge < -0.3 is 29.2 Å². The normalized spacial score (nSPS) is 12.9. The second kappa shape index (κ2) is 13.8. The van der Waals surface area contributed by atoms with Crippen LogP contribution in [0.3, 0.4) is 0 Å². The number of benzene rings is 1. The molecule has 0 saturated heterocycles. The predicted octanol–water partition coefficient (Wildman–Crippen LogP) is 2.58. The van der Waals surface area contributed by atoms with E-state index in [1.807, 2.05) is 18.2 Å². The van der Waals surface area contributed by atoms with Crippen LogP contribution in [0.4, 0.5) is 0 Å². The number of methoxy groups -OCH3 is 1. The molecule has 1 aliphatic heterocycles. The Morgan fingerprint density at radius 2 is 1.77 bits per heavy atom. The molecule has 1 aliphatic rings. The largest absolute Gasteiger partial charge is 0.506 e. The number of rotatable bonds is 11. The monoisotopic (exact) mass is 452 g/mol. The summed E-state index contributed by atoms with van der Waals surface area (Å²) in [6, 6.07) is 7.33. The van der Waals surface area contributed by atoms with Crippen LogP contribution in [0.15, 0.2) is 29.3 Å². The fourth-order valence-electron chi connectivity index (χ4n) is 2.55. The summed E-state index contributed by atoms with van der Waals surface area (Å²) in [5.41, 5.74) is 1.36. The molecule has 2 aromatic rings. The molecule has 0 saturated carbocycles. The second-order valence-electron chi connectivity index (χ2n) is 6.33. The van der Waals surface area contributed by atoms with Gasteiger partial charge in [-0.3, -0.25) is 9.79 Å². The molecule has 0 radical (unpaired) electrons. The lowest BCUT2D eigenvalue weighted by Gasteiger charge is -2.10. The number of thioether (sulfide) groups is 1. The van der Waals surface area contributed by atoms with E-state index in [2.05, 4.69) is 9.98 Å². The summed E-state index contributed by atoms with van der Waals surface area (Å²) in [5.74, 6) is 0.955. The molecular formula is C21H28N2O7S. The van der Waals surface area contributed by atoms with Gasteiger partial charge in [0, 0.05) is 31.7 Å². The third-order valence-corrected chi connectivity index (χ3v) is 4.84. The highest BCUT2D eigenvalue weighted by molar-refractivity contribution is 8.14. The summed E-state index contributed by atoms with van der Waals surface area (Å²) in [6.45, 7) is 4.99. The van der Waals surface area contributed by atoms with Gasteiger partial charge in [0.25, 0.3) is 5.97 Å². The molecule has 0 aliphatic carbocycles. The van der Waals surface area contributed by atoms with Gasteiger partial charge in [-0.1, -0.05) is 0 Å². The molecule has 0 spiro atoms. The van der Waals surface area contributed by atoms with Gasteiger partial charge in [-0.05, 0) is 24.3 Å². The van der Waals surface area contributed by atoms with Crippen molar-refractivity contribution in [2.75, 3.05) is 59.0 Å². The third kappa shape index (κ3) is 9.09. The number of hydrogen-bond donors (Lipinski definition) is 2. The molecule has 2 N–H and O–H groups in total. The van der Waals surface area contributed by atoms with Crippen molar-refractivity contribution in [1.82, 2.24) is 4.98 Å². The number of carboxylic acids is 1. The molecule has 31 heavy (non-hydrogen) atoms. The van der Waals surface area contributed by atoms with E-state index in [1.165, 1.54) is 0 Å². The number of nitrogens with zero attached hydrogens (tertiary/aromatic N) is 2.